The van der Waals surface area contributed by atoms with Crippen molar-refractivity contribution in [3.8, 4) is 0 Å². The Morgan fingerprint density at radius 1 is 0.902 bits per heavy atom. The van der Waals surface area contributed by atoms with Gasteiger partial charge in [0.1, 0.15) is 5.02 Å². The zero-order valence-corrected chi connectivity index (χ0v) is 27.4. The van der Waals surface area contributed by atoms with Crippen LogP contribution < -0.4 is 9.62 Å². The minimum absolute atomic E-state index is 0.354. The number of benzene rings is 1. The molecule has 0 bridgehead atoms. The number of anilines is 1. The van der Waals surface area contributed by atoms with E-state index in [0.29, 0.717) is 23.9 Å². The Hall–Kier alpha value is -1.97. The van der Waals surface area contributed by atoms with Crippen LogP contribution in [-0.4, -0.2) is 44.5 Å². The smallest absolute Gasteiger partial charge is 0.214 e. The molecule has 2 aromatic rings. The Bertz CT molecular complexity index is 1140. The molecule has 0 atom stereocenters. The predicted molar refractivity (Wildman–Crippen MR) is 174 cm³/mol. The zero-order valence-electron chi connectivity index (χ0n) is 25.9. The maximum atomic E-state index is 11.3. The first kappa shape index (κ1) is 35.2. The van der Waals surface area contributed by atoms with Gasteiger partial charge in [-0.2, -0.15) is 5.10 Å². The molecule has 0 aliphatic rings. The number of hydrogen-bond acceptors (Lipinski definition) is 6. The van der Waals surface area contributed by atoms with Crippen LogP contribution in [0.2, 0.25) is 5.02 Å². The standard InChI is InChI=1S/C31H53ClN6O2S/c1-5-7-8-9-10-11-12-13-14-15-16-17-18-19-20-29-30(32)31(37-35-29)36-34-28-22-21-27(25-26(28)3)38(6-2)24-23-33-41(4,39)40/h21-22,25,33H,5-20,23-24H2,1-4H3,(H,35,37). The minimum atomic E-state index is -3.20. The quantitative estimate of drug-likeness (QED) is 0.0969. The van der Waals surface area contributed by atoms with E-state index in [0.717, 1.165) is 42.0 Å². The second kappa shape index (κ2) is 20.0. The van der Waals surface area contributed by atoms with Gasteiger partial charge in [-0.05, 0) is 50.5 Å². The molecule has 0 unspecified atom stereocenters. The highest BCUT2D eigenvalue weighted by Gasteiger charge is 2.12. The number of aromatic nitrogens is 2. The number of hydrogen-bond donors (Lipinski definition) is 2. The SMILES string of the molecule is CCCCCCCCCCCCCCCCc1[nH]nc(N=Nc2ccc(N(CC)CCNS(C)(=O)=O)cc2C)c1Cl. The fraction of sp³-hybridized carbons (Fsp3) is 0.710. The highest BCUT2D eigenvalue weighted by molar-refractivity contribution is 7.88. The molecule has 0 saturated carbocycles. The van der Waals surface area contributed by atoms with Gasteiger partial charge in [0.05, 0.1) is 17.6 Å². The Balaban J connectivity index is 1.69. The molecule has 232 valence electrons. The van der Waals surface area contributed by atoms with Gasteiger partial charge in [0.25, 0.3) is 0 Å². The average molecular weight is 609 g/mol. The summed E-state index contributed by atoms with van der Waals surface area (Å²) >= 11 is 6.55. The van der Waals surface area contributed by atoms with Crippen molar-refractivity contribution in [3.05, 3.63) is 34.5 Å². The summed E-state index contributed by atoms with van der Waals surface area (Å²) in [4.78, 5) is 2.11. The van der Waals surface area contributed by atoms with Crippen molar-refractivity contribution in [3.63, 3.8) is 0 Å². The highest BCUT2D eigenvalue weighted by Crippen LogP contribution is 2.30. The fourth-order valence-corrected chi connectivity index (χ4v) is 5.65. The molecular weight excluding hydrogens is 556 g/mol. The number of sulfonamides is 1. The van der Waals surface area contributed by atoms with Gasteiger partial charge in [-0.1, -0.05) is 102 Å². The van der Waals surface area contributed by atoms with Crippen LogP contribution in [0.25, 0.3) is 0 Å². The van der Waals surface area contributed by atoms with E-state index in [1.54, 1.807) is 0 Å². The van der Waals surface area contributed by atoms with E-state index in [1.807, 2.05) is 32.0 Å². The topological polar surface area (TPSA) is 103 Å². The molecule has 0 fully saturated rings. The maximum Gasteiger partial charge on any atom is 0.214 e. The summed E-state index contributed by atoms with van der Waals surface area (Å²) in [5, 5.41) is 16.6. The lowest BCUT2D eigenvalue weighted by atomic mass is 10.0. The van der Waals surface area contributed by atoms with Gasteiger partial charge in [0, 0.05) is 25.3 Å². The summed E-state index contributed by atoms with van der Waals surface area (Å²) in [5.74, 6) is 0.414. The lowest BCUT2D eigenvalue weighted by molar-refractivity contribution is 0.535. The third-order valence-corrected chi connectivity index (χ3v) is 8.59. The van der Waals surface area contributed by atoms with Gasteiger partial charge in [-0.25, -0.2) is 13.1 Å². The lowest BCUT2D eigenvalue weighted by Gasteiger charge is -2.23. The lowest BCUT2D eigenvalue weighted by Crippen LogP contribution is -2.34. The minimum Gasteiger partial charge on any atom is -0.370 e. The molecule has 0 saturated heterocycles. The summed E-state index contributed by atoms with van der Waals surface area (Å²) in [6.45, 7) is 7.99. The maximum absolute atomic E-state index is 11.3. The number of nitrogens with zero attached hydrogens (tertiary/aromatic N) is 4. The van der Waals surface area contributed by atoms with Crippen LogP contribution in [-0.2, 0) is 16.4 Å². The summed E-state index contributed by atoms with van der Waals surface area (Å²) in [6.07, 6.45) is 20.8. The highest BCUT2D eigenvalue weighted by atomic mass is 35.5. The Morgan fingerprint density at radius 2 is 1.49 bits per heavy atom. The van der Waals surface area contributed by atoms with Crippen LogP contribution in [0.1, 0.15) is 115 Å². The molecule has 2 N–H and O–H groups in total. The molecule has 8 nitrogen and oxygen atoms in total. The number of H-pyrrole nitrogens is 1. The van der Waals surface area contributed by atoms with Crippen LogP contribution in [0.4, 0.5) is 17.2 Å². The second-order valence-electron chi connectivity index (χ2n) is 11.1. The largest absolute Gasteiger partial charge is 0.370 e. The van der Waals surface area contributed by atoms with Crippen LogP contribution >= 0.6 is 11.6 Å². The van der Waals surface area contributed by atoms with E-state index in [9.17, 15) is 8.42 Å². The molecular formula is C31H53ClN6O2S. The van der Waals surface area contributed by atoms with Crippen LogP contribution in [0.15, 0.2) is 28.4 Å². The number of halogens is 1. The van der Waals surface area contributed by atoms with E-state index in [1.165, 1.54) is 89.7 Å². The Labute approximate surface area is 254 Å². The molecule has 0 radical (unpaired) electrons. The van der Waals surface area contributed by atoms with Gasteiger partial charge >= 0.3 is 0 Å². The van der Waals surface area contributed by atoms with Crippen molar-refractivity contribution >= 4 is 38.8 Å². The number of aryl methyl sites for hydroxylation is 2. The van der Waals surface area contributed by atoms with E-state index in [4.69, 9.17) is 11.6 Å². The zero-order chi connectivity index (χ0) is 29.9. The number of unbranched alkanes of at least 4 members (excludes halogenated alkanes) is 13. The van der Waals surface area contributed by atoms with Crippen LogP contribution in [0.3, 0.4) is 0 Å². The van der Waals surface area contributed by atoms with E-state index in [2.05, 4.69) is 37.0 Å². The number of azo groups is 1. The molecule has 41 heavy (non-hydrogen) atoms. The first-order valence-electron chi connectivity index (χ1n) is 15.7. The van der Waals surface area contributed by atoms with Gasteiger partial charge in [-0.3, -0.25) is 5.10 Å². The summed E-state index contributed by atoms with van der Waals surface area (Å²) < 4.78 is 25.2. The van der Waals surface area contributed by atoms with E-state index >= 15 is 0 Å². The second-order valence-corrected chi connectivity index (χ2v) is 13.3. The van der Waals surface area contributed by atoms with Crippen molar-refractivity contribution in [2.75, 3.05) is 30.8 Å². The predicted octanol–water partition coefficient (Wildman–Crippen LogP) is 9.19. The van der Waals surface area contributed by atoms with Gasteiger partial charge in [-0.15, -0.1) is 10.2 Å². The van der Waals surface area contributed by atoms with E-state index in [-0.39, 0.29) is 0 Å². The number of rotatable bonds is 23. The molecule has 0 amide bonds. The fourth-order valence-electron chi connectivity index (χ4n) is 4.97. The summed E-state index contributed by atoms with van der Waals surface area (Å²) in [7, 11) is -3.20. The van der Waals surface area contributed by atoms with Gasteiger partial charge < -0.3 is 4.90 Å². The Morgan fingerprint density at radius 3 is 2.02 bits per heavy atom. The number of nitrogens with one attached hydrogen (secondary N) is 2. The first-order valence-corrected chi connectivity index (χ1v) is 18.0. The number of aromatic amines is 1. The molecule has 1 aromatic carbocycles. The molecule has 1 aromatic heterocycles. The van der Waals surface area contributed by atoms with Gasteiger partial charge in [0.2, 0.25) is 15.8 Å². The van der Waals surface area contributed by atoms with Crippen molar-refractivity contribution < 1.29 is 8.42 Å². The van der Waals surface area contributed by atoms with Gasteiger partial charge in [0.15, 0.2) is 0 Å². The molecule has 10 heteroatoms. The number of likely N-dealkylation sites (N-methyl/N-ethyl adjacent to an activating group) is 1. The van der Waals surface area contributed by atoms with Crippen LogP contribution in [0, 0.1) is 6.92 Å². The molecule has 2 rings (SSSR count). The normalized spacial score (nSPS) is 12.0. The molecule has 1 heterocycles. The van der Waals surface area contributed by atoms with Crippen molar-refractivity contribution in [2.24, 2.45) is 10.2 Å². The van der Waals surface area contributed by atoms with Crippen molar-refractivity contribution in [2.45, 2.75) is 117 Å². The molecule has 0 spiro atoms. The van der Waals surface area contributed by atoms with E-state index < -0.39 is 10.0 Å². The van der Waals surface area contributed by atoms with Crippen molar-refractivity contribution in [1.29, 1.82) is 0 Å². The average Bonchev–Trinajstić information content (AvgIpc) is 3.28. The summed E-state index contributed by atoms with van der Waals surface area (Å²) in [6, 6.07) is 5.92. The monoisotopic (exact) mass is 608 g/mol. The van der Waals surface area contributed by atoms with Crippen LogP contribution in [0.5, 0.6) is 0 Å². The van der Waals surface area contributed by atoms with Crippen molar-refractivity contribution in [1.82, 2.24) is 14.9 Å². The first-order chi connectivity index (χ1) is 19.7. The summed E-state index contributed by atoms with van der Waals surface area (Å²) in [5.41, 5.74) is 3.64. The third kappa shape index (κ3) is 14.7. The third-order valence-electron chi connectivity index (χ3n) is 7.46. The molecule has 0 aliphatic carbocycles. The molecule has 0 aliphatic heterocycles. The Kier molecular flexibility index (Phi) is 17.2.